The molecule has 0 atom stereocenters. The third-order valence-electron chi connectivity index (χ3n) is 1.94. The molecule has 0 amide bonds. The van der Waals surface area contributed by atoms with Crippen LogP contribution in [0.5, 0.6) is 0 Å². The van der Waals surface area contributed by atoms with Crippen molar-refractivity contribution >= 4 is 50.4 Å². The monoisotopic (exact) mass is 244 g/mol. The second kappa shape index (κ2) is 3.89. The van der Waals surface area contributed by atoms with E-state index in [0.29, 0.717) is 5.56 Å². The lowest BCUT2D eigenvalue weighted by atomic mass is 10.1. The van der Waals surface area contributed by atoms with Crippen molar-refractivity contribution in [1.29, 1.82) is 0 Å². The molecule has 4 heteroatoms. The summed E-state index contributed by atoms with van der Waals surface area (Å²) >= 11 is 12.6. The average Bonchev–Trinajstić information content (AvgIpc) is 2.60. The molecule has 0 aliphatic heterocycles. The van der Waals surface area contributed by atoms with Gasteiger partial charge in [0.25, 0.3) is 0 Å². The van der Waals surface area contributed by atoms with Gasteiger partial charge in [0.05, 0.1) is 0 Å². The number of halogens is 2. The van der Waals surface area contributed by atoms with Gasteiger partial charge in [0.1, 0.15) is 0 Å². The normalized spacial score (nSPS) is 11.1. The Balaban J connectivity index is 2.58. The minimum atomic E-state index is -0.979. The quantitative estimate of drug-likeness (QED) is 0.579. The van der Waals surface area contributed by atoms with Crippen LogP contribution in [0.15, 0.2) is 29.6 Å². The summed E-state index contributed by atoms with van der Waals surface area (Å²) in [4.78, 5) is 10.6. The Labute approximate surface area is 95.3 Å². The number of benzene rings is 1. The molecule has 1 heterocycles. The molecule has 0 saturated heterocycles. The van der Waals surface area contributed by atoms with Crippen molar-refractivity contribution in [3.63, 3.8) is 0 Å². The van der Waals surface area contributed by atoms with Crippen LogP contribution in [-0.4, -0.2) is 10.6 Å². The summed E-state index contributed by atoms with van der Waals surface area (Å²) in [5.41, 5.74) is 0.612. The van der Waals surface area contributed by atoms with Gasteiger partial charge in [-0.3, -0.25) is 4.79 Å². The van der Waals surface area contributed by atoms with Gasteiger partial charge in [0.2, 0.25) is 0 Å². The number of fused-ring (bicyclic) bond motifs is 1. The van der Waals surface area contributed by atoms with Crippen molar-refractivity contribution in [3.05, 3.63) is 35.2 Å². The maximum atomic E-state index is 11.6. The molecule has 2 aromatic rings. The molecule has 2 rings (SSSR count). The number of Topliss-reactive ketones (excluding diaryl/α,β-unsaturated/α-hetero) is 1. The lowest BCUT2D eigenvalue weighted by Gasteiger charge is -1.98. The predicted octanol–water partition coefficient (Wildman–Crippen LogP) is 3.89. The summed E-state index contributed by atoms with van der Waals surface area (Å²) in [5.74, 6) is -0.231. The molecule has 0 saturated carbocycles. The van der Waals surface area contributed by atoms with Crippen LogP contribution in [0.4, 0.5) is 0 Å². The molecule has 1 aromatic heterocycles. The molecular weight excluding hydrogens is 239 g/mol. The van der Waals surface area contributed by atoms with Crippen LogP contribution >= 0.6 is 34.5 Å². The topological polar surface area (TPSA) is 17.1 Å². The van der Waals surface area contributed by atoms with E-state index in [2.05, 4.69) is 0 Å². The average molecular weight is 245 g/mol. The third kappa shape index (κ3) is 1.65. The van der Waals surface area contributed by atoms with Crippen LogP contribution < -0.4 is 0 Å². The molecule has 0 radical (unpaired) electrons. The van der Waals surface area contributed by atoms with E-state index in [1.54, 1.807) is 5.38 Å². The maximum absolute atomic E-state index is 11.6. The van der Waals surface area contributed by atoms with E-state index in [-0.39, 0.29) is 5.78 Å². The maximum Gasteiger partial charge on any atom is 0.197 e. The fourth-order valence-electron chi connectivity index (χ4n) is 1.29. The molecule has 0 aliphatic rings. The Hall–Kier alpha value is -0.570. The van der Waals surface area contributed by atoms with Gasteiger partial charge in [-0.2, -0.15) is 0 Å². The Morgan fingerprint density at radius 2 is 2.00 bits per heavy atom. The second-order valence-corrected chi connectivity index (χ2v) is 4.82. The second-order valence-electron chi connectivity index (χ2n) is 2.81. The first kappa shape index (κ1) is 9.97. The highest BCUT2D eigenvalue weighted by Gasteiger charge is 2.17. The highest BCUT2D eigenvalue weighted by atomic mass is 35.5. The van der Waals surface area contributed by atoms with Gasteiger partial charge in [-0.15, -0.1) is 11.3 Å². The smallest absolute Gasteiger partial charge is 0.197 e. The molecular formula is C10H6Cl2OS. The summed E-state index contributed by atoms with van der Waals surface area (Å²) in [5, 5.41) is 2.72. The van der Waals surface area contributed by atoms with E-state index in [1.807, 2.05) is 24.3 Å². The summed E-state index contributed by atoms with van der Waals surface area (Å²) in [6.45, 7) is 0. The zero-order valence-electron chi connectivity index (χ0n) is 7.04. The highest BCUT2D eigenvalue weighted by Crippen LogP contribution is 2.27. The van der Waals surface area contributed by atoms with Gasteiger partial charge >= 0.3 is 0 Å². The summed E-state index contributed by atoms with van der Waals surface area (Å²) in [7, 11) is 0. The SMILES string of the molecule is O=C(c1csc2ccccc12)C(Cl)Cl. The van der Waals surface area contributed by atoms with E-state index in [1.165, 1.54) is 11.3 Å². The Kier molecular flexibility index (Phi) is 2.77. The van der Waals surface area contributed by atoms with Crippen LogP contribution in [0.25, 0.3) is 10.1 Å². The number of hydrogen-bond donors (Lipinski definition) is 0. The third-order valence-corrected chi connectivity index (χ3v) is 3.30. The minimum absolute atomic E-state index is 0.231. The number of carbonyl (C=O) groups excluding carboxylic acids is 1. The van der Waals surface area contributed by atoms with Crippen molar-refractivity contribution in [2.24, 2.45) is 0 Å². The summed E-state index contributed by atoms with van der Waals surface area (Å²) < 4.78 is 1.07. The Bertz CT molecular complexity index is 476. The predicted molar refractivity (Wildman–Crippen MR) is 61.6 cm³/mol. The molecule has 0 spiro atoms. The van der Waals surface area contributed by atoms with Gasteiger partial charge in [-0.05, 0) is 6.07 Å². The van der Waals surface area contributed by atoms with E-state index in [4.69, 9.17) is 23.2 Å². The first-order valence-electron chi connectivity index (χ1n) is 3.99. The van der Waals surface area contributed by atoms with Crippen LogP contribution in [0, 0.1) is 0 Å². The van der Waals surface area contributed by atoms with Gasteiger partial charge < -0.3 is 0 Å². The number of rotatable bonds is 2. The molecule has 0 aliphatic carbocycles. The van der Waals surface area contributed by atoms with Crippen LogP contribution in [0.1, 0.15) is 10.4 Å². The first-order valence-corrected chi connectivity index (χ1v) is 5.74. The van der Waals surface area contributed by atoms with E-state index < -0.39 is 4.84 Å². The zero-order chi connectivity index (χ0) is 10.1. The molecule has 0 unspecified atom stereocenters. The highest BCUT2D eigenvalue weighted by molar-refractivity contribution is 7.17. The fraction of sp³-hybridized carbons (Fsp3) is 0.100. The van der Waals surface area contributed by atoms with Crippen molar-refractivity contribution in [1.82, 2.24) is 0 Å². The Morgan fingerprint density at radius 1 is 1.29 bits per heavy atom. The van der Waals surface area contributed by atoms with Gasteiger partial charge in [-0.25, -0.2) is 0 Å². The number of alkyl halides is 2. The molecule has 0 bridgehead atoms. The lowest BCUT2D eigenvalue weighted by Crippen LogP contribution is -2.06. The van der Waals surface area contributed by atoms with Gasteiger partial charge in [0, 0.05) is 21.0 Å². The molecule has 1 aromatic carbocycles. The number of thiophene rings is 1. The number of ketones is 1. The molecule has 0 fully saturated rings. The number of carbonyl (C=O) groups is 1. The minimum Gasteiger partial charge on any atom is -0.291 e. The van der Waals surface area contributed by atoms with Gasteiger partial charge in [0.15, 0.2) is 10.6 Å². The summed E-state index contributed by atoms with van der Waals surface area (Å²) in [6, 6.07) is 7.69. The van der Waals surface area contributed by atoms with E-state index in [0.717, 1.165) is 10.1 Å². The summed E-state index contributed by atoms with van der Waals surface area (Å²) in [6.07, 6.45) is 0. The van der Waals surface area contributed by atoms with Gasteiger partial charge in [-0.1, -0.05) is 41.4 Å². The number of hydrogen-bond acceptors (Lipinski definition) is 2. The van der Waals surface area contributed by atoms with Crippen molar-refractivity contribution < 1.29 is 4.79 Å². The van der Waals surface area contributed by atoms with Crippen LogP contribution in [0.3, 0.4) is 0 Å². The van der Waals surface area contributed by atoms with Crippen molar-refractivity contribution in [2.75, 3.05) is 0 Å². The zero-order valence-corrected chi connectivity index (χ0v) is 9.36. The molecule has 0 N–H and O–H groups in total. The fourth-order valence-corrected chi connectivity index (χ4v) is 2.47. The van der Waals surface area contributed by atoms with E-state index >= 15 is 0 Å². The molecule has 1 nitrogen and oxygen atoms in total. The molecule has 14 heavy (non-hydrogen) atoms. The standard InChI is InChI=1S/C10H6Cl2OS/c11-10(12)9(13)7-5-14-8-4-2-1-3-6(7)8/h1-5,10H. The lowest BCUT2D eigenvalue weighted by molar-refractivity contribution is 0.101. The van der Waals surface area contributed by atoms with Crippen LogP contribution in [-0.2, 0) is 0 Å². The van der Waals surface area contributed by atoms with E-state index in [9.17, 15) is 4.79 Å². The van der Waals surface area contributed by atoms with Crippen molar-refractivity contribution in [2.45, 2.75) is 4.84 Å². The van der Waals surface area contributed by atoms with Crippen molar-refractivity contribution in [3.8, 4) is 0 Å². The van der Waals surface area contributed by atoms with Crippen LogP contribution in [0.2, 0.25) is 0 Å². The first-order chi connectivity index (χ1) is 6.70. The largest absolute Gasteiger partial charge is 0.291 e. The Morgan fingerprint density at radius 3 is 2.71 bits per heavy atom. The molecule has 72 valence electrons.